The van der Waals surface area contributed by atoms with Crippen molar-refractivity contribution in [3.05, 3.63) is 24.3 Å². The fourth-order valence-corrected chi connectivity index (χ4v) is 3.50. The van der Waals surface area contributed by atoms with Gasteiger partial charge < -0.3 is 15.8 Å². The fourth-order valence-electron chi connectivity index (χ4n) is 2.04. The zero-order valence-corrected chi connectivity index (χ0v) is 13.3. The van der Waals surface area contributed by atoms with Gasteiger partial charge in [-0.05, 0) is 18.2 Å². The second-order valence-corrected chi connectivity index (χ2v) is 7.11. The number of nitrogens with two attached hydrogens (primary N) is 1. The quantitative estimate of drug-likeness (QED) is 0.807. The van der Waals surface area contributed by atoms with E-state index in [1.807, 2.05) is 0 Å². The third-order valence-electron chi connectivity index (χ3n) is 3.51. The number of rotatable bonds is 5. The molecule has 1 aliphatic rings. The molecule has 7 nitrogen and oxygen atoms in total. The van der Waals surface area contributed by atoms with Gasteiger partial charge in [0.1, 0.15) is 0 Å². The van der Waals surface area contributed by atoms with E-state index in [9.17, 15) is 13.2 Å². The third-order valence-corrected chi connectivity index (χ3v) is 5.41. The molecule has 0 bridgehead atoms. The topological polar surface area (TPSA) is 102 Å². The smallest absolute Gasteiger partial charge is 0.243 e. The summed E-state index contributed by atoms with van der Waals surface area (Å²) in [7, 11) is -3.57. The molecule has 1 aliphatic heterocycles. The van der Waals surface area contributed by atoms with Crippen molar-refractivity contribution in [2.75, 3.05) is 38.2 Å². The highest BCUT2D eigenvalue weighted by Crippen LogP contribution is 2.20. The SMILES string of the molecule is CC(CN)C(=O)Nc1cccc(S(=O)(=O)N2CCOCC2)c1. The van der Waals surface area contributed by atoms with Crippen LogP contribution in [-0.2, 0) is 19.6 Å². The Morgan fingerprint density at radius 2 is 2.09 bits per heavy atom. The van der Waals surface area contributed by atoms with Gasteiger partial charge in [-0.1, -0.05) is 13.0 Å². The number of sulfonamides is 1. The van der Waals surface area contributed by atoms with Crippen molar-refractivity contribution in [3.8, 4) is 0 Å². The van der Waals surface area contributed by atoms with Gasteiger partial charge in [-0.15, -0.1) is 0 Å². The molecule has 1 saturated heterocycles. The number of ether oxygens (including phenoxy) is 1. The number of hydrogen-bond donors (Lipinski definition) is 2. The molecule has 0 aromatic heterocycles. The van der Waals surface area contributed by atoms with Crippen LogP contribution in [0.2, 0.25) is 0 Å². The normalized spacial score (nSPS) is 17.9. The first-order chi connectivity index (χ1) is 10.4. The van der Waals surface area contributed by atoms with E-state index in [4.69, 9.17) is 10.5 Å². The lowest BCUT2D eigenvalue weighted by molar-refractivity contribution is -0.119. The summed E-state index contributed by atoms with van der Waals surface area (Å²) in [6.45, 7) is 3.40. The molecule has 0 saturated carbocycles. The number of benzene rings is 1. The standard InChI is InChI=1S/C14H21N3O4S/c1-11(10-15)14(18)16-12-3-2-4-13(9-12)22(19,20)17-5-7-21-8-6-17/h2-4,9,11H,5-8,10,15H2,1H3,(H,16,18). The molecule has 1 aromatic rings. The van der Waals surface area contributed by atoms with Crippen LogP contribution in [0.5, 0.6) is 0 Å². The maximum absolute atomic E-state index is 12.6. The van der Waals surface area contributed by atoms with Crippen molar-refractivity contribution in [1.29, 1.82) is 0 Å². The van der Waals surface area contributed by atoms with Gasteiger partial charge in [-0.25, -0.2) is 8.42 Å². The molecular formula is C14H21N3O4S. The highest BCUT2D eigenvalue weighted by Gasteiger charge is 2.26. The Bertz CT molecular complexity index is 627. The van der Waals surface area contributed by atoms with E-state index in [0.717, 1.165) is 0 Å². The zero-order valence-electron chi connectivity index (χ0n) is 12.5. The van der Waals surface area contributed by atoms with Crippen LogP contribution < -0.4 is 11.1 Å². The number of amides is 1. The van der Waals surface area contributed by atoms with Gasteiger partial charge in [0.15, 0.2) is 0 Å². The molecule has 0 radical (unpaired) electrons. The van der Waals surface area contributed by atoms with Gasteiger partial charge in [0.25, 0.3) is 0 Å². The van der Waals surface area contributed by atoms with Crippen LogP contribution in [0.15, 0.2) is 29.2 Å². The van der Waals surface area contributed by atoms with Gasteiger partial charge in [0, 0.05) is 31.2 Å². The Morgan fingerprint density at radius 1 is 1.41 bits per heavy atom. The second kappa shape index (κ2) is 7.19. The summed E-state index contributed by atoms with van der Waals surface area (Å²) >= 11 is 0. The van der Waals surface area contributed by atoms with Crippen molar-refractivity contribution in [3.63, 3.8) is 0 Å². The second-order valence-electron chi connectivity index (χ2n) is 5.17. The molecule has 3 N–H and O–H groups in total. The Morgan fingerprint density at radius 3 is 2.73 bits per heavy atom. The van der Waals surface area contributed by atoms with Crippen LogP contribution in [-0.4, -0.2) is 51.5 Å². The first kappa shape index (κ1) is 16.9. The molecule has 1 amide bonds. The molecule has 1 unspecified atom stereocenters. The summed E-state index contributed by atoms with van der Waals surface area (Å²) in [5.74, 6) is -0.567. The van der Waals surface area contributed by atoms with Crippen molar-refractivity contribution in [1.82, 2.24) is 4.31 Å². The van der Waals surface area contributed by atoms with Gasteiger partial charge in [-0.3, -0.25) is 4.79 Å². The van der Waals surface area contributed by atoms with Crippen molar-refractivity contribution < 1.29 is 17.9 Å². The number of nitrogens with zero attached hydrogens (tertiary/aromatic N) is 1. The molecule has 1 fully saturated rings. The number of morpholine rings is 1. The first-order valence-corrected chi connectivity index (χ1v) is 8.58. The first-order valence-electron chi connectivity index (χ1n) is 7.14. The third kappa shape index (κ3) is 3.83. The predicted molar refractivity (Wildman–Crippen MR) is 82.9 cm³/mol. The van der Waals surface area contributed by atoms with Crippen LogP contribution in [0.25, 0.3) is 0 Å². The van der Waals surface area contributed by atoms with Crippen LogP contribution in [0.3, 0.4) is 0 Å². The van der Waals surface area contributed by atoms with Crippen molar-refractivity contribution in [2.45, 2.75) is 11.8 Å². The number of nitrogens with one attached hydrogen (secondary N) is 1. The Balaban J connectivity index is 2.18. The minimum Gasteiger partial charge on any atom is -0.379 e. The van der Waals surface area contributed by atoms with Gasteiger partial charge in [0.05, 0.1) is 18.1 Å². The monoisotopic (exact) mass is 327 g/mol. The lowest BCUT2D eigenvalue weighted by atomic mass is 10.1. The van der Waals surface area contributed by atoms with Crippen LogP contribution >= 0.6 is 0 Å². The summed E-state index contributed by atoms with van der Waals surface area (Å²) < 4.78 is 31.7. The van der Waals surface area contributed by atoms with E-state index in [0.29, 0.717) is 32.0 Å². The Kier molecular flexibility index (Phi) is 5.52. The minimum atomic E-state index is -3.57. The highest BCUT2D eigenvalue weighted by molar-refractivity contribution is 7.89. The Labute approximate surface area is 130 Å². The van der Waals surface area contributed by atoms with Crippen molar-refractivity contribution >= 4 is 21.6 Å². The highest BCUT2D eigenvalue weighted by atomic mass is 32.2. The van der Waals surface area contributed by atoms with E-state index < -0.39 is 10.0 Å². The molecule has 1 heterocycles. The van der Waals surface area contributed by atoms with E-state index >= 15 is 0 Å². The maximum Gasteiger partial charge on any atom is 0.243 e. The van der Waals surface area contributed by atoms with E-state index in [2.05, 4.69) is 5.32 Å². The minimum absolute atomic E-state index is 0.160. The van der Waals surface area contributed by atoms with E-state index in [1.165, 1.54) is 16.4 Å². The van der Waals surface area contributed by atoms with E-state index in [-0.39, 0.29) is 23.3 Å². The van der Waals surface area contributed by atoms with Crippen molar-refractivity contribution in [2.24, 2.45) is 11.7 Å². The lowest BCUT2D eigenvalue weighted by Gasteiger charge is -2.26. The average molecular weight is 327 g/mol. The molecule has 22 heavy (non-hydrogen) atoms. The summed E-state index contributed by atoms with van der Waals surface area (Å²) in [5.41, 5.74) is 5.89. The average Bonchev–Trinajstić information content (AvgIpc) is 2.55. The maximum atomic E-state index is 12.6. The molecule has 0 spiro atoms. The molecule has 1 atom stereocenters. The fraction of sp³-hybridized carbons (Fsp3) is 0.500. The zero-order chi connectivity index (χ0) is 16.2. The molecule has 1 aromatic carbocycles. The summed E-state index contributed by atoms with van der Waals surface area (Å²) in [6, 6.07) is 6.24. The summed E-state index contributed by atoms with van der Waals surface area (Å²) in [4.78, 5) is 12.0. The molecule has 8 heteroatoms. The van der Waals surface area contributed by atoms with Crippen LogP contribution in [0.4, 0.5) is 5.69 Å². The molecule has 2 rings (SSSR count). The van der Waals surface area contributed by atoms with Gasteiger partial charge in [-0.2, -0.15) is 4.31 Å². The van der Waals surface area contributed by atoms with Crippen LogP contribution in [0, 0.1) is 5.92 Å². The number of hydrogen-bond acceptors (Lipinski definition) is 5. The number of carbonyl (C=O) groups excluding carboxylic acids is 1. The van der Waals surface area contributed by atoms with Crippen LogP contribution in [0.1, 0.15) is 6.92 Å². The number of anilines is 1. The molecule has 122 valence electrons. The summed E-state index contributed by atoms with van der Waals surface area (Å²) in [5, 5.41) is 2.68. The molecular weight excluding hydrogens is 306 g/mol. The predicted octanol–water partition coefficient (Wildman–Crippen LogP) is 0.241. The van der Waals surface area contributed by atoms with E-state index in [1.54, 1.807) is 19.1 Å². The summed E-state index contributed by atoms with van der Waals surface area (Å²) in [6.07, 6.45) is 0. The largest absolute Gasteiger partial charge is 0.379 e. The Hall–Kier alpha value is -1.48. The molecule has 0 aliphatic carbocycles. The van der Waals surface area contributed by atoms with Gasteiger partial charge in [0.2, 0.25) is 15.9 Å². The van der Waals surface area contributed by atoms with Gasteiger partial charge >= 0.3 is 0 Å². The lowest BCUT2D eigenvalue weighted by Crippen LogP contribution is -2.40. The number of carbonyl (C=O) groups is 1.